The maximum Gasteiger partial charge on any atom is 0.325 e. The molecule has 0 aromatic heterocycles. The van der Waals surface area contributed by atoms with Crippen molar-refractivity contribution in [3.8, 4) is 0 Å². The van der Waals surface area contributed by atoms with E-state index in [-0.39, 0.29) is 12.1 Å². The van der Waals surface area contributed by atoms with Crippen LogP contribution in [0.5, 0.6) is 0 Å². The molecule has 8 nitrogen and oxygen atoms in total. The van der Waals surface area contributed by atoms with E-state index < -0.39 is 39.3 Å². The van der Waals surface area contributed by atoms with Crippen molar-refractivity contribution in [1.29, 1.82) is 0 Å². The summed E-state index contributed by atoms with van der Waals surface area (Å²) in [6, 6.07) is 0. The first kappa shape index (κ1) is 17.5. The summed E-state index contributed by atoms with van der Waals surface area (Å²) in [7, 11) is -8.82. The van der Waals surface area contributed by atoms with Crippen LogP contribution in [0.25, 0.3) is 0 Å². The lowest BCUT2D eigenvalue weighted by molar-refractivity contribution is -0.117. The summed E-state index contributed by atoms with van der Waals surface area (Å²) in [6.45, 7) is 4.57. The highest BCUT2D eigenvalue weighted by atomic mass is 31.2. The van der Waals surface area contributed by atoms with E-state index >= 15 is 0 Å². The zero-order valence-corrected chi connectivity index (χ0v) is 11.6. The van der Waals surface area contributed by atoms with Crippen LogP contribution in [0.4, 0.5) is 0 Å². The fraction of sp³-hybridized carbons (Fsp3) is 0.625. The van der Waals surface area contributed by atoms with Crippen molar-refractivity contribution in [1.82, 2.24) is 5.32 Å². The van der Waals surface area contributed by atoms with Gasteiger partial charge in [-0.2, -0.15) is 0 Å². The lowest BCUT2D eigenvalue weighted by atomic mass is 10.2. The summed E-state index contributed by atoms with van der Waals surface area (Å²) >= 11 is 0. The maximum absolute atomic E-state index is 11.2. The highest BCUT2D eigenvalue weighted by molar-refractivity contribution is 7.52. The summed E-state index contributed by atoms with van der Waals surface area (Å²) in [6.07, 6.45) is -1.40. The van der Waals surface area contributed by atoms with Crippen LogP contribution in [-0.4, -0.2) is 44.3 Å². The predicted octanol–water partition coefficient (Wildman–Crippen LogP) is -0.350. The summed E-state index contributed by atoms with van der Waals surface area (Å²) in [5.41, 5.74) is 0.195. The van der Waals surface area contributed by atoms with Gasteiger partial charge in [0.25, 0.3) is 0 Å². The summed E-state index contributed by atoms with van der Waals surface area (Å²) in [5.74, 6) is -1.54. The number of rotatable bonds is 7. The topological polar surface area (TPSA) is 144 Å². The fourth-order valence-corrected chi connectivity index (χ4v) is 3.31. The molecular formula is C8H17NO7P2. The molecule has 5 N–H and O–H groups in total. The van der Waals surface area contributed by atoms with Crippen LogP contribution in [0.3, 0.4) is 0 Å². The van der Waals surface area contributed by atoms with Crippen molar-refractivity contribution in [3.05, 3.63) is 12.2 Å². The molecule has 1 amide bonds. The van der Waals surface area contributed by atoms with Crippen LogP contribution >= 0.6 is 15.2 Å². The number of carbonyl (C=O) groups excluding carboxylic acids is 1. The molecule has 0 aliphatic carbocycles. The second kappa shape index (κ2) is 6.61. The third kappa shape index (κ3) is 9.53. The Bertz CT molecular complexity index is 386. The average molecular weight is 301 g/mol. The Labute approximate surface area is 104 Å². The van der Waals surface area contributed by atoms with Crippen molar-refractivity contribution >= 4 is 21.1 Å². The highest BCUT2D eigenvalue weighted by Gasteiger charge is 2.28. The minimum absolute atomic E-state index is 0.195. The lowest BCUT2D eigenvalue weighted by Crippen LogP contribution is -2.32. The number of nitrogens with one attached hydrogen (secondary N) is 1. The SMILES string of the molecule is C=C(C)C(=O)NCC(CP(=O)(O)O)CP(=O)(O)O. The minimum Gasteiger partial charge on any atom is -0.352 e. The molecule has 0 atom stereocenters. The third-order valence-electron chi connectivity index (χ3n) is 1.93. The third-order valence-corrected chi connectivity index (χ3v) is 3.92. The molecule has 0 saturated carbocycles. The van der Waals surface area contributed by atoms with Crippen LogP contribution in [0.2, 0.25) is 0 Å². The van der Waals surface area contributed by atoms with Crippen LogP contribution in [-0.2, 0) is 13.9 Å². The Kier molecular flexibility index (Phi) is 6.43. The fourth-order valence-electron chi connectivity index (χ4n) is 1.25. The molecule has 0 spiro atoms. The highest BCUT2D eigenvalue weighted by Crippen LogP contribution is 2.43. The predicted molar refractivity (Wildman–Crippen MR) is 65.1 cm³/mol. The average Bonchev–Trinajstić information content (AvgIpc) is 2.08. The van der Waals surface area contributed by atoms with E-state index in [0.717, 1.165) is 0 Å². The molecule has 0 rings (SSSR count). The summed E-state index contributed by atoms with van der Waals surface area (Å²) < 4.78 is 21.6. The molecule has 10 heteroatoms. The quantitative estimate of drug-likeness (QED) is 0.319. The van der Waals surface area contributed by atoms with Crippen molar-refractivity contribution in [2.45, 2.75) is 6.92 Å². The molecule has 0 aliphatic heterocycles. The number of carbonyl (C=O) groups is 1. The minimum atomic E-state index is -4.41. The van der Waals surface area contributed by atoms with Gasteiger partial charge in [0.15, 0.2) is 0 Å². The zero-order valence-electron chi connectivity index (χ0n) is 9.81. The Morgan fingerprint density at radius 1 is 1.17 bits per heavy atom. The second-order valence-electron chi connectivity index (χ2n) is 4.05. The van der Waals surface area contributed by atoms with Crippen molar-refractivity contribution < 1.29 is 33.5 Å². The van der Waals surface area contributed by atoms with Gasteiger partial charge in [0.2, 0.25) is 5.91 Å². The van der Waals surface area contributed by atoms with Crippen LogP contribution in [0.15, 0.2) is 12.2 Å². The van der Waals surface area contributed by atoms with Gasteiger partial charge in [-0.25, -0.2) is 0 Å². The molecular weight excluding hydrogens is 284 g/mol. The van der Waals surface area contributed by atoms with Gasteiger partial charge < -0.3 is 24.9 Å². The van der Waals surface area contributed by atoms with E-state index in [1.54, 1.807) is 0 Å². The second-order valence-corrected chi connectivity index (χ2v) is 7.44. The number of hydrogen-bond donors (Lipinski definition) is 5. The van der Waals surface area contributed by atoms with Crippen LogP contribution in [0, 0.1) is 5.92 Å². The van der Waals surface area contributed by atoms with Crippen molar-refractivity contribution in [3.63, 3.8) is 0 Å². The molecule has 0 aromatic carbocycles. The Morgan fingerprint density at radius 3 is 1.83 bits per heavy atom. The normalized spacial score (nSPS) is 12.6. The summed E-state index contributed by atoms with van der Waals surface area (Å²) in [5, 5.41) is 2.30. The molecule has 0 fully saturated rings. The first-order valence-corrected chi connectivity index (χ1v) is 8.53. The number of hydrogen-bond acceptors (Lipinski definition) is 3. The van der Waals surface area contributed by atoms with E-state index in [4.69, 9.17) is 19.6 Å². The van der Waals surface area contributed by atoms with Crippen molar-refractivity contribution in [2.75, 3.05) is 18.9 Å². The Morgan fingerprint density at radius 2 is 1.56 bits per heavy atom. The maximum atomic E-state index is 11.2. The lowest BCUT2D eigenvalue weighted by Gasteiger charge is -2.18. The Hall–Kier alpha value is -0.490. The van der Waals surface area contributed by atoms with E-state index in [1.165, 1.54) is 6.92 Å². The van der Waals surface area contributed by atoms with Gasteiger partial charge in [0, 0.05) is 12.1 Å². The van der Waals surface area contributed by atoms with Crippen LogP contribution in [0.1, 0.15) is 6.92 Å². The molecule has 106 valence electrons. The first-order valence-electron chi connectivity index (χ1n) is 4.93. The van der Waals surface area contributed by atoms with Crippen molar-refractivity contribution in [2.24, 2.45) is 5.92 Å². The van der Waals surface area contributed by atoms with Gasteiger partial charge in [-0.05, 0) is 12.8 Å². The molecule has 0 aliphatic rings. The molecule has 0 aromatic rings. The molecule has 0 unspecified atom stereocenters. The molecule has 0 saturated heterocycles. The molecule has 18 heavy (non-hydrogen) atoms. The standard InChI is InChI=1S/C8H17NO7P2/c1-6(2)8(10)9-3-7(4-17(11,12)13)5-18(14,15)16/h7H,1,3-5H2,2H3,(H,9,10)(H2,11,12,13)(H2,14,15,16). The van der Waals surface area contributed by atoms with Gasteiger partial charge in [-0.3, -0.25) is 13.9 Å². The number of amides is 1. The van der Waals surface area contributed by atoms with E-state index in [0.29, 0.717) is 0 Å². The van der Waals surface area contributed by atoms with Gasteiger partial charge in [-0.15, -0.1) is 0 Å². The monoisotopic (exact) mass is 301 g/mol. The molecule has 0 bridgehead atoms. The summed E-state index contributed by atoms with van der Waals surface area (Å²) in [4.78, 5) is 46.3. The largest absolute Gasteiger partial charge is 0.352 e. The van der Waals surface area contributed by atoms with E-state index in [2.05, 4.69) is 11.9 Å². The molecule has 0 radical (unpaired) electrons. The smallest absolute Gasteiger partial charge is 0.325 e. The Balaban J connectivity index is 4.58. The van der Waals surface area contributed by atoms with Gasteiger partial charge in [-0.1, -0.05) is 6.58 Å². The van der Waals surface area contributed by atoms with Crippen LogP contribution < -0.4 is 5.32 Å². The molecule has 0 heterocycles. The van der Waals surface area contributed by atoms with Gasteiger partial charge in [0.1, 0.15) is 0 Å². The van der Waals surface area contributed by atoms with Gasteiger partial charge >= 0.3 is 15.2 Å². The zero-order chi connectivity index (χ0) is 14.6. The van der Waals surface area contributed by atoms with Gasteiger partial charge in [0.05, 0.1) is 12.3 Å². The first-order chi connectivity index (χ1) is 7.91. The van der Waals surface area contributed by atoms with E-state index in [1.807, 2.05) is 0 Å². The van der Waals surface area contributed by atoms with E-state index in [9.17, 15) is 13.9 Å².